The lowest BCUT2D eigenvalue weighted by Crippen LogP contribution is -2.34. The Hall–Kier alpha value is -0.650. The van der Waals surface area contributed by atoms with E-state index in [4.69, 9.17) is 4.74 Å². The molecule has 2 rings (SSSR count). The first-order chi connectivity index (χ1) is 8.46. The van der Waals surface area contributed by atoms with E-state index in [1.54, 1.807) is 11.3 Å². The van der Waals surface area contributed by atoms with Crippen molar-refractivity contribution in [2.75, 3.05) is 25.2 Å². The van der Waals surface area contributed by atoms with Crippen molar-refractivity contribution in [1.82, 2.24) is 10.3 Å². The van der Waals surface area contributed by atoms with Gasteiger partial charge in [-0.25, -0.2) is 4.98 Å². The summed E-state index contributed by atoms with van der Waals surface area (Å²) in [4.78, 5) is 8.04. The van der Waals surface area contributed by atoms with E-state index in [1.165, 1.54) is 4.88 Å². The van der Waals surface area contributed by atoms with Crippen LogP contribution in [0.2, 0.25) is 0 Å². The van der Waals surface area contributed by atoms with E-state index in [0.717, 1.165) is 31.3 Å². The highest BCUT2D eigenvalue weighted by atomic mass is 32.1. The molecule has 1 aliphatic rings. The van der Waals surface area contributed by atoms with Gasteiger partial charge in [-0.15, -0.1) is 11.3 Å². The van der Waals surface area contributed by atoms with Gasteiger partial charge in [0.15, 0.2) is 5.13 Å². The van der Waals surface area contributed by atoms with Gasteiger partial charge in [0.1, 0.15) is 0 Å². The van der Waals surface area contributed by atoms with Crippen LogP contribution in [0.1, 0.15) is 32.1 Å². The van der Waals surface area contributed by atoms with Gasteiger partial charge >= 0.3 is 0 Å². The van der Waals surface area contributed by atoms with Gasteiger partial charge in [0.25, 0.3) is 0 Å². The summed E-state index contributed by atoms with van der Waals surface area (Å²) in [6, 6.07) is 0.486. The molecule has 0 aliphatic carbocycles. The molecule has 1 aromatic rings. The standard InChI is InChI=1S/C13H23N3OS/c1-13(2,3)15-8-11-7-14-12(18-11)16(4)10-5-6-17-9-10/h7,10,15H,5-6,8-9H2,1-4H3. The van der Waals surface area contributed by atoms with E-state index in [0.29, 0.717) is 6.04 Å². The Labute approximate surface area is 113 Å². The quantitative estimate of drug-likeness (QED) is 0.910. The largest absolute Gasteiger partial charge is 0.379 e. The molecule has 0 aromatic carbocycles. The molecule has 0 radical (unpaired) electrons. The third kappa shape index (κ3) is 3.67. The Morgan fingerprint density at radius 3 is 2.94 bits per heavy atom. The van der Waals surface area contributed by atoms with Gasteiger partial charge in [-0.05, 0) is 27.2 Å². The lowest BCUT2D eigenvalue weighted by atomic mass is 10.1. The average Bonchev–Trinajstić information content (AvgIpc) is 2.96. The molecule has 1 unspecified atom stereocenters. The molecule has 1 aromatic heterocycles. The zero-order valence-corrected chi connectivity index (χ0v) is 12.5. The molecule has 1 fully saturated rings. The fourth-order valence-electron chi connectivity index (χ4n) is 1.88. The molecule has 0 bridgehead atoms. The topological polar surface area (TPSA) is 37.4 Å². The Morgan fingerprint density at radius 1 is 1.56 bits per heavy atom. The van der Waals surface area contributed by atoms with E-state index in [-0.39, 0.29) is 5.54 Å². The highest BCUT2D eigenvalue weighted by Crippen LogP contribution is 2.25. The van der Waals surface area contributed by atoms with Crippen LogP contribution in [0.3, 0.4) is 0 Å². The summed E-state index contributed by atoms with van der Waals surface area (Å²) in [5.74, 6) is 0. The normalized spacial score (nSPS) is 20.3. The third-order valence-electron chi connectivity index (χ3n) is 3.09. The number of thiazole rings is 1. The number of hydrogen-bond acceptors (Lipinski definition) is 5. The van der Waals surface area contributed by atoms with Crippen LogP contribution in [0.4, 0.5) is 5.13 Å². The van der Waals surface area contributed by atoms with E-state index < -0.39 is 0 Å². The number of likely N-dealkylation sites (N-methyl/N-ethyl adjacent to an activating group) is 1. The van der Waals surface area contributed by atoms with Gasteiger partial charge in [0, 0.05) is 36.8 Å². The van der Waals surface area contributed by atoms with E-state index in [1.807, 2.05) is 6.20 Å². The Morgan fingerprint density at radius 2 is 2.33 bits per heavy atom. The van der Waals surface area contributed by atoms with Crippen LogP contribution in [0.25, 0.3) is 0 Å². The Balaban J connectivity index is 1.92. The number of anilines is 1. The summed E-state index contributed by atoms with van der Waals surface area (Å²) >= 11 is 1.77. The summed E-state index contributed by atoms with van der Waals surface area (Å²) in [6.07, 6.45) is 3.08. The van der Waals surface area contributed by atoms with Gasteiger partial charge in [0.2, 0.25) is 0 Å². The first-order valence-electron chi connectivity index (χ1n) is 6.46. The summed E-state index contributed by atoms with van der Waals surface area (Å²) in [7, 11) is 2.11. The fraction of sp³-hybridized carbons (Fsp3) is 0.769. The average molecular weight is 269 g/mol. The second kappa shape index (κ2) is 5.55. The zero-order chi connectivity index (χ0) is 13.2. The number of rotatable bonds is 4. The Bertz CT molecular complexity index is 380. The molecule has 0 spiro atoms. The molecule has 102 valence electrons. The Kier molecular flexibility index (Phi) is 4.25. The predicted molar refractivity (Wildman–Crippen MR) is 76.3 cm³/mol. The second-order valence-corrected chi connectivity index (χ2v) is 6.93. The van der Waals surface area contributed by atoms with Crippen molar-refractivity contribution in [2.24, 2.45) is 0 Å². The fourth-order valence-corrected chi connectivity index (χ4v) is 2.76. The molecule has 2 heterocycles. The second-order valence-electron chi connectivity index (χ2n) is 5.84. The van der Waals surface area contributed by atoms with Gasteiger partial charge in [0.05, 0.1) is 12.6 Å². The number of nitrogens with one attached hydrogen (secondary N) is 1. The van der Waals surface area contributed by atoms with E-state index in [2.05, 4.69) is 43.0 Å². The molecule has 1 atom stereocenters. The lowest BCUT2D eigenvalue weighted by Gasteiger charge is -2.22. The molecular weight excluding hydrogens is 246 g/mol. The van der Waals surface area contributed by atoms with Gasteiger partial charge in [-0.2, -0.15) is 0 Å². The highest BCUT2D eigenvalue weighted by molar-refractivity contribution is 7.15. The van der Waals surface area contributed by atoms with Crippen molar-refractivity contribution in [1.29, 1.82) is 0 Å². The maximum absolute atomic E-state index is 5.42. The van der Waals surface area contributed by atoms with Gasteiger partial charge in [-0.1, -0.05) is 0 Å². The van der Waals surface area contributed by atoms with Gasteiger partial charge in [-0.3, -0.25) is 0 Å². The molecular formula is C13H23N3OS. The summed E-state index contributed by atoms with van der Waals surface area (Å²) in [5, 5.41) is 4.58. The van der Waals surface area contributed by atoms with Crippen LogP contribution in [0.5, 0.6) is 0 Å². The number of aromatic nitrogens is 1. The minimum Gasteiger partial charge on any atom is -0.379 e. The van der Waals surface area contributed by atoms with Crippen LogP contribution in [-0.4, -0.2) is 36.8 Å². The molecule has 4 nitrogen and oxygen atoms in total. The summed E-state index contributed by atoms with van der Waals surface area (Å²) in [6.45, 7) is 9.12. The van der Waals surface area contributed by atoms with Crippen LogP contribution in [0.15, 0.2) is 6.20 Å². The van der Waals surface area contributed by atoms with Crippen LogP contribution >= 0.6 is 11.3 Å². The maximum Gasteiger partial charge on any atom is 0.185 e. The smallest absolute Gasteiger partial charge is 0.185 e. The van der Waals surface area contributed by atoms with Crippen LogP contribution in [0, 0.1) is 0 Å². The predicted octanol–water partition coefficient (Wildman–Crippen LogP) is 2.26. The number of nitrogens with zero attached hydrogens (tertiary/aromatic N) is 2. The minimum atomic E-state index is 0.148. The van der Waals surface area contributed by atoms with Crippen LogP contribution in [-0.2, 0) is 11.3 Å². The van der Waals surface area contributed by atoms with E-state index in [9.17, 15) is 0 Å². The maximum atomic E-state index is 5.42. The first-order valence-corrected chi connectivity index (χ1v) is 7.28. The summed E-state index contributed by atoms with van der Waals surface area (Å²) in [5.41, 5.74) is 0.148. The van der Waals surface area contributed by atoms with Crippen molar-refractivity contribution < 1.29 is 4.74 Å². The van der Waals surface area contributed by atoms with Crippen molar-refractivity contribution in [2.45, 2.75) is 45.3 Å². The minimum absolute atomic E-state index is 0.148. The van der Waals surface area contributed by atoms with Crippen LogP contribution < -0.4 is 10.2 Å². The number of ether oxygens (including phenoxy) is 1. The van der Waals surface area contributed by atoms with Crippen molar-refractivity contribution in [3.8, 4) is 0 Å². The van der Waals surface area contributed by atoms with Crippen molar-refractivity contribution >= 4 is 16.5 Å². The molecule has 0 amide bonds. The monoisotopic (exact) mass is 269 g/mol. The first kappa shape index (κ1) is 13.8. The number of hydrogen-bond donors (Lipinski definition) is 1. The molecule has 1 N–H and O–H groups in total. The molecule has 5 heteroatoms. The highest BCUT2D eigenvalue weighted by Gasteiger charge is 2.22. The lowest BCUT2D eigenvalue weighted by molar-refractivity contribution is 0.193. The summed E-state index contributed by atoms with van der Waals surface area (Å²) < 4.78 is 5.42. The van der Waals surface area contributed by atoms with Crippen molar-refractivity contribution in [3.05, 3.63) is 11.1 Å². The van der Waals surface area contributed by atoms with E-state index >= 15 is 0 Å². The molecule has 1 saturated heterocycles. The molecule has 0 saturated carbocycles. The van der Waals surface area contributed by atoms with Crippen molar-refractivity contribution in [3.63, 3.8) is 0 Å². The molecule has 18 heavy (non-hydrogen) atoms. The SMILES string of the molecule is CN(c1ncc(CNC(C)(C)C)s1)C1CCOC1. The zero-order valence-electron chi connectivity index (χ0n) is 11.7. The third-order valence-corrected chi connectivity index (χ3v) is 4.18. The molecule has 1 aliphatic heterocycles. The van der Waals surface area contributed by atoms with Gasteiger partial charge < -0.3 is 15.0 Å².